The highest BCUT2D eigenvalue weighted by Gasteiger charge is 2.49. The zero-order valence-corrected chi connectivity index (χ0v) is 17.2. The molecule has 5 nitrogen and oxygen atoms in total. The molecule has 3 atom stereocenters. The number of para-hydroxylation sites is 1. The predicted octanol–water partition coefficient (Wildman–Crippen LogP) is 4.09. The van der Waals surface area contributed by atoms with Crippen molar-refractivity contribution in [1.82, 2.24) is 0 Å². The van der Waals surface area contributed by atoms with Gasteiger partial charge in [-0.25, -0.2) is 0 Å². The number of benzene rings is 2. The maximum absolute atomic E-state index is 12.8. The van der Waals surface area contributed by atoms with Gasteiger partial charge in [0.25, 0.3) is 0 Å². The molecule has 0 aromatic heterocycles. The Labute approximate surface area is 171 Å². The normalized spacial score (nSPS) is 24.2. The second-order valence-electron chi connectivity index (χ2n) is 7.81. The molecule has 5 heteroatoms. The summed E-state index contributed by atoms with van der Waals surface area (Å²) in [5.41, 5.74) is 1.50. The van der Waals surface area contributed by atoms with Crippen molar-refractivity contribution in [1.29, 1.82) is 0 Å². The fourth-order valence-electron chi connectivity index (χ4n) is 4.36. The Morgan fingerprint density at radius 3 is 2.21 bits per heavy atom. The minimum atomic E-state index is -1.30. The van der Waals surface area contributed by atoms with Crippen LogP contribution in [0.4, 0.5) is 5.69 Å². The summed E-state index contributed by atoms with van der Waals surface area (Å²) in [5.74, 6) is -0.854. The number of nitrogens with one attached hydrogen (secondary N) is 1. The lowest BCUT2D eigenvalue weighted by Gasteiger charge is -2.43. The molecule has 2 aromatic carbocycles. The van der Waals surface area contributed by atoms with E-state index in [1.54, 1.807) is 26.2 Å². The van der Waals surface area contributed by atoms with E-state index in [-0.39, 0.29) is 18.0 Å². The maximum atomic E-state index is 12.8. The van der Waals surface area contributed by atoms with Crippen LogP contribution in [-0.2, 0) is 9.59 Å². The third-order valence-electron chi connectivity index (χ3n) is 5.54. The van der Waals surface area contributed by atoms with Gasteiger partial charge in [-0.15, -0.1) is 0 Å². The summed E-state index contributed by atoms with van der Waals surface area (Å²) in [6.45, 7) is 4.65. The van der Waals surface area contributed by atoms with Crippen LogP contribution in [0.5, 0.6) is 5.75 Å². The minimum absolute atomic E-state index is 0.119. The Bertz CT molecular complexity index is 929. The molecule has 0 spiro atoms. The monoisotopic (exact) mass is 393 g/mol. The van der Waals surface area contributed by atoms with Gasteiger partial charge < -0.3 is 15.2 Å². The van der Waals surface area contributed by atoms with E-state index in [9.17, 15) is 14.7 Å². The first kappa shape index (κ1) is 20.8. The Morgan fingerprint density at radius 1 is 1.07 bits per heavy atom. The molecule has 1 aliphatic rings. The molecule has 2 aromatic rings. The Hall–Kier alpha value is -2.92. The number of carbonyl (C=O) groups is 2. The molecule has 0 saturated heterocycles. The smallest absolute Gasteiger partial charge is 0.158 e. The largest absolute Gasteiger partial charge is 0.497 e. The Morgan fingerprint density at radius 2 is 1.69 bits per heavy atom. The SMILES string of the molecule is COc1ccc(C2C(C(C)=O)=C(Nc3ccccc3)CC(C)(O)C2C(C)=O)cc1. The number of methoxy groups -OCH3 is 1. The van der Waals surface area contributed by atoms with Crippen molar-refractivity contribution in [2.24, 2.45) is 5.92 Å². The van der Waals surface area contributed by atoms with Crippen LogP contribution in [0.2, 0.25) is 0 Å². The zero-order chi connectivity index (χ0) is 21.2. The Kier molecular flexibility index (Phi) is 5.89. The molecular formula is C24H27NO4. The van der Waals surface area contributed by atoms with Crippen LogP contribution < -0.4 is 10.1 Å². The second kappa shape index (κ2) is 8.21. The molecule has 1 aliphatic carbocycles. The molecule has 29 heavy (non-hydrogen) atoms. The summed E-state index contributed by atoms with van der Waals surface area (Å²) >= 11 is 0. The first-order valence-corrected chi connectivity index (χ1v) is 9.67. The third kappa shape index (κ3) is 4.25. The van der Waals surface area contributed by atoms with Crippen LogP contribution >= 0.6 is 0 Å². The number of ketones is 2. The topological polar surface area (TPSA) is 75.6 Å². The highest BCUT2D eigenvalue weighted by Crippen LogP contribution is 2.47. The van der Waals surface area contributed by atoms with Crippen LogP contribution in [0.3, 0.4) is 0 Å². The van der Waals surface area contributed by atoms with E-state index in [0.29, 0.717) is 17.0 Å². The number of hydrogen-bond acceptors (Lipinski definition) is 5. The van der Waals surface area contributed by atoms with Gasteiger partial charge >= 0.3 is 0 Å². The summed E-state index contributed by atoms with van der Waals surface area (Å²) in [6, 6.07) is 16.8. The fourth-order valence-corrected chi connectivity index (χ4v) is 4.36. The van der Waals surface area contributed by atoms with Gasteiger partial charge in [0.2, 0.25) is 0 Å². The van der Waals surface area contributed by atoms with Gasteiger partial charge in [0.15, 0.2) is 5.78 Å². The average Bonchev–Trinajstić information content (AvgIpc) is 2.67. The van der Waals surface area contributed by atoms with Crippen molar-refractivity contribution in [3.63, 3.8) is 0 Å². The van der Waals surface area contributed by atoms with E-state index in [1.165, 1.54) is 13.8 Å². The van der Waals surface area contributed by atoms with Crippen molar-refractivity contribution in [3.05, 3.63) is 71.4 Å². The zero-order valence-electron chi connectivity index (χ0n) is 17.2. The van der Waals surface area contributed by atoms with Crippen molar-refractivity contribution < 1.29 is 19.4 Å². The number of anilines is 1. The summed E-state index contributed by atoms with van der Waals surface area (Å²) in [4.78, 5) is 25.4. The van der Waals surface area contributed by atoms with Gasteiger partial charge in [-0.2, -0.15) is 0 Å². The minimum Gasteiger partial charge on any atom is -0.497 e. The van der Waals surface area contributed by atoms with Crippen LogP contribution in [-0.4, -0.2) is 29.4 Å². The number of allylic oxidation sites excluding steroid dienone is 1. The van der Waals surface area contributed by atoms with Crippen molar-refractivity contribution in [3.8, 4) is 5.75 Å². The van der Waals surface area contributed by atoms with Gasteiger partial charge in [-0.1, -0.05) is 30.3 Å². The summed E-state index contributed by atoms with van der Waals surface area (Å²) in [5, 5.41) is 14.6. The summed E-state index contributed by atoms with van der Waals surface area (Å²) in [7, 11) is 1.58. The lowest BCUT2D eigenvalue weighted by Crippen LogP contribution is -2.48. The van der Waals surface area contributed by atoms with Crippen LogP contribution in [0, 0.1) is 5.92 Å². The van der Waals surface area contributed by atoms with Gasteiger partial charge in [0.05, 0.1) is 18.6 Å². The highest BCUT2D eigenvalue weighted by atomic mass is 16.5. The van der Waals surface area contributed by atoms with Crippen LogP contribution in [0.25, 0.3) is 0 Å². The van der Waals surface area contributed by atoms with E-state index >= 15 is 0 Å². The molecule has 0 bridgehead atoms. The number of Topliss-reactive ketones (excluding diaryl/α,β-unsaturated/α-hetero) is 2. The van der Waals surface area contributed by atoms with E-state index < -0.39 is 17.4 Å². The molecule has 2 N–H and O–H groups in total. The number of rotatable bonds is 6. The van der Waals surface area contributed by atoms with Gasteiger partial charge in [0.1, 0.15) is 11.5 Å². The van der Waals surface area contributed by atoms with Crippen LogP contribution in [0.15, 0.2) is 65.9 Å². The molecule has 152 valence electrons. The molecule has 0 heterocycles. The average molecular weight is 393 g/mol. The molecule has 0 aliphatic heterocycles. The second-order valence-corrected chi connectivity index (χ2v) is 7.81. The summed E-state index contributed by atoms with van der Waals surface area (Å²) < 4.78 is 5.24. The Balaban J connectivity index is 2.19. The number of carbonyl (C=O) groups excluding carboxylic acids is 2. The molecule has 3 rings (SSSR count). The van der Waals surface area contributed by atoms with E-state index in [4.69, 9.17) is 4.74 Å². The standard InChI is InChI=1S/C24H27NO4/c1-15(26)21-20(25-18-8-6-5-7-9-18)14-24(3,28)23(16(2)27)22(21)17-10-12-19(29-4)13-11-17/h5-13,22-23,25,28H,14H2,1-4H3. The third-order valence-corrected chi connectivity index (χ3v) is 5.54. The van der Waals surface area contributed by atoms with Crippen LogP contribution in [0.1, 0.15) is 38.7 Å². The maximum Gasteiger partial charge on any atom is 0.158 e. The van der Waals surface area contributed by atoms with Gasteiger partial charge in [-0.3, -0.25) is 9.59 Å². The van der Waals surface area contributed by atoms with E-state index in [2.05, 4.69) is 5.32 Å². The first-order valence-electron chi connectivity index (χ1n) is 9.67. The first-order chi connectivity index (χ1) is 13.7. The lowest BCUT2D eigenvalue weighted by molar-refractivity contribution is -0.131. The highest BCUT2D eigenvalue weighted by molar-refractivity contribution is 5.98. The number of aliphatic hydroxyl groups is 1. The lowest BCUT2D eigenvalue weighted by atomic mass is 9.64. The molecule has 0 saturated carbocycles. The predicted molar refractivity (Wildman–Crippen MR) is 113 cm³/mol. The quantitative estimate of drug-likeness (QED) is 0.773. The van der Waals surface area contributed by atoms with Crippen molar-refractivity contribution >= 4 is 17.3 Å². The number of ether oxygens (including phenoxy) is 1. The molecule has 0 fully saturated rings. The van der Waals surface area contributed by atoms with Crippen molar-refractivity contribution in [2.75, 3.05) is 12.4 Å². The molecule has 3 unspecified atom stereocenters. The summed E-state index contributed by atoms with van der Waals surface area (Å²) in [6.07, 6.45) is 0.188. The number of hydrogen-bond donors (Lipinski definition) is 2. The van der Waals surface area contributed by atoms with E-state index in [0.717, 1.165) is 11.3 Å². The van der Waals surface area contributed by atoms with E-state index in [1.807, 2.05) is 42.5 Å². The van der Waals surface area contributed by atoms with Gasteiger partial charge in [0, 0.05) is 29.3 Å². The fraction of sp³-hybridized carbons (Fsp3) is 0.333. The van der Waals surface area contributed by atoms with Gasteiger partial charge in [-0.05, 0) is 50.6 Å². The molecule has 0 amide bonds. The van der Waals surface area contributed by atoms with Crippen molar-refractivity contribution in [2.45, 2.75) is 38.7 Å². The molecular weight excluding hydrogens is 366 g/mol. The molecule has 0 radical (unpaired) electrons.